The summed E-state index contributed by atoms with van der Waals surface area (Å²) >= 11 is 0. The second-order valence-corrected chi connectivity index (χ2v) is 7.13. The summed E-state index contributed by atoms with van der Waals surface area (Å²) in [4.78, 5) is 25.3. The highest BCUT2D eigenvalue weighted by atomic mass is 16.1. The molecule has 1 aromatic heterocycles. The van der Waals surface area contributed by atoms with Crippen LogP contribution in [-0.4, -0.2) is 15.7 Å². The molecule has 0 aliphatic rings. The Morgan fingerprint density at radius 1 is 0.903 bits per heavy atom. The highest BCUT2D eigenvalue weighted by Gasteiger charge is 2.13. The third-order valence-electron chi connectivity index (χ3n) is 4.73. The first-order valence-corrected chi connectivity index (χ1v) is 9.78. The molecule has 0 bridgehead atoms. The molecule has 0 aliphatic heterocycles. The van der Waals surface area contributed by atoms with E-state index >= 15 is 0 Å². The van der Waals surface area contributed by atoms with Crippen molar-refractivity contribution in [2.24, 2.45) is 10.2 Å². The van der Waals surface area contributed by atoms with Gasteiger partial charge in [0.1, 0.15) is 0 Å². The van der Waals surface area contributed by atoms with Gasteiger partial charge in [0.25, 0.3) is 11.5 Å². The first-order valence-electron chi connectivity index (χ1n) is 9.78. The molecule has 7 heteroatoms. The van der Waals surface area contributed by atoms with Gasteiger partial charge in [0, 0.05) is 11.3 Å². The van der Waals surface area contributed by atoms with E-state index in [1.165, 1.54) is 4.68 Å². The van der Waals surface area contributed by atoms with Crippen LogP contribution in [-0.2, 0) is 0 Å². The first-order chi connectivity index (χ1) is 15.0. The minimum atomic E-state index is -0.310. The smallest absolute Gasteiger partial charge is 0.299 e. The Bertz CT molecular complexity index is 1300. The summed E-state index contributed by atoms with van der Waals surface area (Å²) in [7, 11) is 0. The number of para-hydroxylation sites is 1. The number of anilines is 1. The maximum Gasteiger partial charge on any atom is 0.299 e. The monoisotopic (exact) mass is 411 g/mol. The number of aromatic nitrogens is 2. The molecule has 2 N–H and O–H groups in total. The molecule has 0 radical (unpaired) electrons. The van der Waals surface area contributed by atoms with E-state index in [0.29, 0.717) is 22.6 Å². The van der Waals surface area contributed by atoms with Crippen molar-refractivity contribution in [2.45, 2.75) is 13.8 Å². The molecule has 0 atom stereocenters. The summed E-state index contributed by atoms with van der Waals surface area (Å²) in [6, 6.07) is 23.6. The van der Waals surface area contributed by atoms with Crippen LogP contribution in [0.3, 0.4) is 0 Å². The summed E-state index contributed by atoms with van der Waals surface area (Å²) in [5.74, 6) is -0.222. The number of hydrogen-bond donors (Lipinski definition) is 2. The minimum Gasteiger partial charge on any atom is -0.322 e. The lowest BCUT2D eigenvalue weighted by Crippen LogP contribution is -2.15. The van der Waals surface area contributed by atoms with E-state index in [1.807, 2.05) is 61.5 Å². The van der Waals surface area contributed by atoms with Gasteiger partial charge < -0.3 is 5.32 Å². The van der Waals surface area contributed by atoms with Gasteiger partial charge in [-0.25, -0.2) is 4.68 Å². The maximum atomic E-state index is 12.8. The van der Waals surface area contributed by atoms with Crippen molar-refractivity contribution in [1.82, 2.24) is 9.78 Å². The molecule has 0 unspecified atom stereocenters. The van der Waals surface area contributed by atoms with Crippen molar-refractivity contribution in [3.63, 3.8) is 0 Å². The Hall–Kier alpha value is -4.26. The highest BCUT2D eigenvalue weighted by molar-refractivity contribution is 6.04. The number of azo groups is 1. The Kier molecular flexibility index (Phi) is 5.57. The van der Waals surface area contributed by atoms with Crippen molar-refractivity contribution >= 4 is 23.0 Å². The Balaban J connectivity index is 1.55. The number of nitrogens with zero attached hydrogens (tertiary/aromatic N) is 3. The van der Waals surface area contributed by atoms with Crippen LogP contribution in [0.1, 0.15) is 21.6 Å². The van der Waals surface area contributed by atoms with Gasteiger partial charge in [-0.3, -0.25) is 14.7 Å². The van der Waals surface area contributed by atoms with Gasteiger partial charge in [0.15, 0.2) is 5.69 Å². The largest absolute Gasteiger partial charge is 0.322 e. The molecule has 0 spiro atoms. The highest BCUT2D eigenvalue weighted by Crippen LogP contribution is 2.20. The fraction of sp³-hybridized carbons (Fsp3) is 0.0833. The van der Waals surface area contributed by atoms with Crippen LogP contribution in [0.25, 0.3) is 5.69 Å². The molecule has 0 aliphatic carbocycles. The van der Waals surface area contributed by atoms with Crippen molar-refractivity contribution in [3.05, 3.63) is 106 Å². The Morgan fingerprint density at radius 2 is 1.65 bits per heavy atom. The predicted octanol–water partition coefficient (Wildman–Crippen LogP) is 5.45. The van der Waals surface area contributed by atoms with Crippen LogP contribution in [0.15, 0.2) is 93.9 Å². The molecule has 0 saturated carbocycles. The molecule has 1 amide bonds. The van der Waals surface area contributed by atoms with E-state index in [2.05, 4.69) is 20.6 Å². The molecule has 4 rings (SSSR count). The quantitative estimate of drug-likeness (QED) is 0.428. The van der Waals surface area contributed by atoms with Crippen molar-refractivity contribution in [2.75, 3.05) is 5.32 Å². The maximum absolute atomic E-state index is 12.8. The van der Waals surface area contributed by atoms with Crippen LogP contribution >= 0.6 is 0 Å². The lowest BCUT2D eigenvalue weighted by atomic mass is 10.2. The van der Waals surface area contributed by atoms with E-state index in [1.54, 1.807) is 31.2 Å². The van der Waals surface area contributed by atoms with Gasteiger partial charge in [0.2, 0.25) is 0 Å². The Morgan fingerprint density at radius 3 is 2.35 bits per heavy atom. The molecule has 154 valence electrons. The lowest BCUT2D eigenvalue weighted by Gasteiger charge is -2.06. The normalized spacial score (nSPS) is 11.0. The number of carbonyl (C=O) groups excluding carboxylic acids is 1. The summed E-state index contributed by atoms with van der Waals surface area (Å²) in [5.41, 5.74) is 4.09. The number of aromatic amines is 1. The lowest BCUT2D eigenvalue weighted by molar-refractivity contribution is 0.102. The number of aryl methyl sites for hydroxylation is 2. The summed E-state index contributed by atoms with van der Waals surface area (Å²) < 4.78 is 1.39. The number of nitrogens with one attached hydrogen (secondary N) is 2. The topological polar surface area (TPSA) is 91.6 Å². The molecule has 3 aromatic carbocycles. The van der Waals surface area contributed by atoms with Crippen LogP contribution in [0.4, 0.5) is 17.1 Å². The second kappa shape index (κ2) is 8.62. The third kappa shape index (κ3) is 4.51. The van der Waals surface area contributed by atoms with Gasteiger partial charge >= 0.3 is 0 Å². The minimum absolute atomic E-state index is 0.222. The molecule has 4 aromatic rings. The predicted molar refractivity (Wildman–Crippen MR) is 121 cm³/mol. The van der Waals surface area contributed by atoms with Crippen LogP contribution < -0.4 is 10.9 Å². The standard InChI is InChI=1S/C24H21N5O2/c1-16-7-6-10-20(15-16)26-27-22-17(2)28-29(24(22)31)21-13-11-18(12-14-21)23(30)25-19-8-4-3-5-9-19/h3-15,28H,1-2H3,(H,25,30). The molecule has 7 nitrogen and oxygen atoms in total. The number of benzene rings is 3. The zero-order valence-corrected chi connectivity index (χ0v) is 17.2. The fourth-order valence-electron chi connectivity index (χ4n) is 3.12. The number of amides is 1. The number of hydrogen-bond acceptors (Lipinski definition) is 4. The van der Waals surface area contributed by atoms with Gasteiger partial charge in [0.05, 0.1) is 17.1 Å². The molecule has 31 heavy (non-hydrogen) atoms. The van der Waals surface area contributed by atoms with Gasteiger partial charge in [-0.1, -0.05) is 30.3 Å². The third-order valence-corrected chi connectivity index (χ3v) is 4.73. The van der Waals surface area contributed by atoms with E-state index in [9.17, 15) is 9.59 Å². The Labute approximate surface area is 179 Å². The van der Waals surface area contributed by atoms with Crippen molar-refractivity contribution < 1.29 is 4.79 Å². The second-order valence-electron chi connectivity index (χ2n) is 7.13. The number of carbonyl (C=O) groups is 1. The van der Waals surface area contributed by atoms with Gasteiger partial charge in [-0.15, -0.1) is 5.11 Å². The van der Waals surface area contributed by atoms with Gasteiger partial charge in [-0.05, 0) is 67.9 Å². The van der Waals surface area contributed by atoms with Crippen LogP contribution in [0.5, 0.6) is 0 Å². The van der Waals surface area contributed by atoms with Crippen molar-refractivity contribution in [1.29, 1.82) is 0 Å². The summed E-state index contributed by atoms with van der Waals surface area (Å²) in [6.07, 6.45) is 0. The van der Waals surface area contributed by atoms with E-state index in [0.717, 1.165) is 11.3 Å². The van der Waals surface area contributed by atoms with Crippen LogP contribution in [0.2, 0.25) is 0 Å². The molecular weight excluding hydrogens is 390 g/mol. The average molecular weight is 411 g/mol. The number of H-pyrrole nitrogens is 1. The molecular formula is C24H21N5O2. The number of rotatable bonds is 5. The fourth-order valence-corrected chi connectivity index (χ4v) is 3.12. The summed E-state index contributed by atoms with van der Waals surface area (Å²) in [5, 5.41) is 14.2. The van der Waals surface area contributed by atoms with Crippen molar-refractivity contribution in [3.8, 4) is 5.69 Å². The molecule has 0 fully saturated rings. The van der Waals surface area contributed by atoms with Gasteiger partial charge in [-0.2, -0.15) is 5.11 Å². The zero-order valence-electron chi connectivity index (χ0n) is 17.2. The van der Waals surface area contributed by atoms with E-state index in [4.69, 9.17) is 0 Å². The average Bonchev–Trinajstić information content (AvgIpc) is 3.06. The van der Waals surface area contributed by atoms with Crippen LogP contribution in [0, 0.1) is 13.8 Å². The molecule has 0 saturated heterocycles. The molecule has 1 heterocycles. The van der Waals surface area contributed by atoms with E-state index in [-0.39, 0.29) is 17.2 Å². The SMILES string of the molecule is Cc1cccc(N=Nc2c(C)[nH]n(-c3ccc(C(=O)Nc4ccccc4)cc3)c2=O)c1. The summed E-state index contributed by atoms with van der Waals surface area (Å²) in [6.45, 7) is 3.74. The van der Waals surface area contributed by atoms with E-state index < -0.39 is 0 Å². The first kappa shape index (κ1) is 20.0. The zero-order chi connectivity index (χ0) is 21.8.